The van der Waals surface area contributed by atoms with Gasteiger partial charge in [-0.2, -0.15) is 0 Å². The van der Waals surface area contributed by atoms with E-state index in [4.69, 9.17) is 4.52 Å². The van der Waals surface area contributed by atoms with Crippen molar-refractivity contribution in [2.24, 2.45) is 0 Å². The Labute approximate surface area is 96.3 Å². The number of hydrogen-bond donors (Lipinski definition) is 0. The first-order chi connectivity index (χ1) is 7.74. The smallest absolute Gasteiger partial charge is 0.147 e. The maximum atomic E-state index is 5.45. The standard InChI is InChI=1S/C14H17NO/c1-4-12-13(11-8-6-5-7-9-11)14(10(2)3)16-15-12/h5-10H,4H2,1-3H3. The van der Waals surface area contributed by atoms with E-state index < -0.39 is 0 Å². The van der Waals surface area contributed by atoms with Crippen LogP contribution in [0.5, 0.6) is 0 Å². The summed E-state index contributed by atoms with van der Waals surface area (Å²) in [4.78, 5) is 0. The number of hydrogen-bond acceptors (Lipinski definition) is 2. The molecule has 0 amide bonds. The molecule has 0 unspecified atom stereocenters. The van der Waals surface area contributed by atoms with Gasteiger partial charge in [0.25, 0.3) is 0 Å². The van der Waals surface area contributed by atoms with E-state index in [0.717, 1.165) is 17.9 Å². The van der Waals surface area contributed by atoms with Crippen LogP contribution in [0, 0.1) is 0 Å². The Morgan fingerprint density at radius 2 is 1.88 bits per heavy atom. The molecule has 84 valence electrons. The van der Waals surface area contributed by atoms with Gasteiger partial charge in [-0.25, -0.2) is 0 Å². The lowest BCUT2D eigenvalue weighted by Crippen LogP contribution is -1.90. The summed E-state index contributed by atoms with van der Waals surface area (Å²) in [6.45, 7) is 6.37. The molecule has 16 heavy (non-hydrogen) atoms. The van der Waals surface area contributed by atoms with Crippen LogP contribution in [0.15, 0.2) is 34.9 Å². The van der Waals surface area contributed by atoms with Gasteiger partial charge in [-0.05, 0) is 12.0 Å². The van der Waals surface area contributed by atoms with Crippen molar-refractivity contribution in [1.82, 2.24) is 5.16 Å². The zero-order chi connectivity index (χ0) is 11.5. The molecule has 2 nitrogen and oxygen atoms in total. The van der Waals surface area contributed by atoms with Gasteiger partial charge in [-0.15, -0.1) is 0 Å². The van der Waals surface area contributed by atoms with Gasteiger partial charge in [0.1, 0.15) is 5.76 Å². The van der Waals surface area contributed by atoms with E-state index >= 15 is 0 Å². The molecule has 0 saturated heterocycles. The predicted octanol–water partition coefficient (Wildman–Crippen LogP) is 4.03. The Kier molecular flexibility index (Phi) is 3.09. The predicted molar refractivity (Wildman–Crippen MR) is 65.4 cm³/mol. The molecule has 1 aromatic carbocycles. The number of nitrogens with zero attached hydrogens (tertiary/aromatic N) is 1. The summed E-state index contributed by atoms with van der Waals surface area (Å²) in [6, 6.07) is 10.3. The van der Waals surface area contributed by atoms with Gasteiger partial charge < -0.3 is 4.52 Å². The van der Waals surface area contributed by atoms with Crippen LogP contribution in [-0.4, -0.2) is 5.16 Å². The molecule has 0 aliphatic carbocycles. The molecule has 0 radical (unpaired) electrons. The average Bonchev–Trinajstić information content (AvgIpc) is 2.73. The van der Waals surface area contributed by atoms with Gasteiger partial charge in [0.05, 0.1) is 5.69 Å². The molecule has 2 heteroatoms. The van der Waals surface area contributed by atoms with Crippen molar-refractivity contribution < 1.29 is 4.52 Å². The number of aromatic nitrogens is 1. The third-order valence-electron chi connectivity index (χ3n) is 2.71. The van der Waals surface area contributed by atoms with Gasteiger partial charge in [0.2, 0.25) is 0 Å². The molecule has 0 spiro atoms. The van der Waals surface area contributed by atoms with Crippen LogP contribution < -0.4 is 0 Å². The molecule has 2 rings (SSSR count). The van der Waals surface area contributed by atoms with Crippen LogP contribution in [-0.2, 0) is 6.42 Å². The molecule has 0 saturated carbocycles. The summed E-state index contributed by atoms with van der Waals surface area (Å²) in [6.07, 6.45) is 0.903. The minimum absolute atomic E-state index is 0.364. The lowest BCUT2D eigenvalue weighted by molar-refractivity contribution is 0.366. The monoisotopic (exact) mass is 215 g/mol. The number of rotatable bonds is 3. The highest BCUT2D eigenvalue weighted by Gasteiger charge is 2.18. The molecule has 1 heterocycles. The van der Waals surface area contributed by atoms with Crippen LogP contribution in [0.3, 0.4) is 0 Å². The summed E-state index contributed by atoms with van der Waals surface area (Å²) in [7, 11) is 0. The first-order valence-corrected chi connectivity index (χ1v) is 5.78. The van der Waals surface area contributed by atoms with Crippen LogP contribution in [0.25, 0.3) is 11.1 Å². The molecule has 0 bridgehead atoms. The van der Waals surface area contributed by atoms with Gasteiger partial charge in [-0.3, -0.25) is 0 Å². The highest BCUT2D eigenvalue weighted by atomic mass is 16.5. The van der Waals surface area contributed by atoms with Crippen LogP contribution in [0.4, 0.5) is 0 Å². The van der Waals surface area contributed by atoms with Crippen molar-refractivity contribution in [3.05, 3.63) is 41.8 Å². The third-order valence-corrected chi connectivity index (χ3v) is 2.71. The van der Waals surface area contributed by atoms with Crippen molar-refractivity contribution in [2.75, 3.05) is 0 Å². The lowest BCUT2D eigenvalue weighted by atomic mass is 9.97. The lowest BCUT2D eigenvalue weighted by Gasteiger charge is -2.05. The summed E-state index contributed by atoms with van der Waals surface area (Å²) in [5.74, 6) is 1.35. The molecular formula is C14H17NO. The van der Waals surface area contributed by atoms with Gasteiger partial charge in [0, 0.05) is 11.5 Å². The molecular weight excluding hydrogens is 198 g/mol. The molecule has 1 aromatic heterocycles. The summed E-state index contributed by atoms with van der Waals surface area (Å²) < 4.78 is 5.45. The van der Waals surface area contributed by atoms with E-state index in [1.165, 1.54) is 11.1 Å². The highest BCUT2D eigenvalue weighted by molar-refractivity contribution is 5.68. The molecule has 0 N–H and O–H groups in total. The highest BCUT2D eigenvalue weighted by Crippen LogP contribution is 2.32. The maximum absolute atomic E-state index is 5.45. The minimum Gasteiger partial charge on any atom is -0.360 e. The zero-order valence-electron chi connectivity index (χ0n) is 10.0. The quantitative estimate of drug-likeness (QED) is 0.772. The van der Waals surface area contributed by atoms with Crippen molar-refractivity contribution in [1.29, 1.82) is 0 Å². The van der Waals surface area contributed by atoms with Crippen molar-refractivity contribution in [3.63, 3.8) is 0 Å². The Morgan fingerprint density at radius 3 is 2.44 bits per heavy atom. The van der Waals surface area contributed by atoms with E-state index in [1.807, 2.05) is 18.2 Å². The second kappa shape index (κ2) is 4.52. The Bertz CT molecular complexity index is 457. The van der Waals surface area contributed by atoms with Crippen LogP contribution in [0.1, 0.15) is 38.1 Å². The molecule has 0 atom stereocenters. The Balaban J connectivity index is 2.57. The molecule has 2 aromatic rings. The van der Waals surface area contributed by atoms with Gasteiger partial charge in [-0.1, -0.05) is 56.3 Å². The Morgan fingerprint density at radius 1 is 1.19 bits per heavy atom. The van der Waals surface area contributed by atoms with Crippen molar-refractivity contribution >= 4 is 0 Å². The summed E-state index contributed by atoms with van der Waals surface area (Å²) >= 11 is 0. The first kappa shape index (κ1) is 10.9. The molecule has 0 aliphatic heterocycles. The molecule has 0 fully saturated rings. The normalized spacial score (nSPS) is 11.0. The van der Waals surface area contributed by atoms with E-state index in [0.29, 0.717) is 5.92 Å². The number of benzene rings is 1. The second-order valence-corrected chi connectivity index (χ2v) is 4.24. The largest absolute Gasteiger partial charge is 0.360 e. The summed E-state index contributed by atoms with van der Waals surface area (Å²) in [5.41, 5.74) is 3.43. The van der Waals surface area contributed by atoms with E-state index in [2.05, 4.69) is 38.1 Å². The third kappa shape index (κ3) is 1.87. The SMILES string of the molecule is CCc1noc(C(C)C)c1-c1ccccc1. The Hall–Kier alpha value is -1.57. The topological polar surface area (TPSA) is 26.0 Å². The average molecular weight is 215 g/mol. The van der Waals surface area contributed by atoms with Crippen LogP contribution in [0.2, 0.25) is 0 Å². The van der Waals surface area contributed by atoms with E-state index in [9.17, 15) is 0 Å². The zero-order valence-corrected chi connectivity index (χ0v) is 10.0. The van der Waals surface area contributed by atoms with Gasteiger partial charge in [0.15, 0.2) is 0 Å². The van der Waals surface area contributed by atoms with E-state index in [1.54, 1.807) is 0 Å². The van der Waals surface area contributed by atoms with Crippen molar-refractivity contribution in [2.45, 2.75) is 33.1 Å². The number of aryl methyl sites for hydroxylation is 1. The van der Waals surface area contributed by atoms with Crippen molar-refractivity contribution in [3.8, 4) is 11.1 Å². The van der Waals surface area contributed by atoms with E-state index in [-0.39, 0.29) is 0 Å². The maximum Gasteiger partial charge on any atom is 0.147 e. The van der Waals surface area contributed by atoms with Gasteiger partial charge >= 0.3 is 0 Å². The minimum atomic E-state index is 0.364. The fourth-order valence-electron chi connectivity index (χ4n) is 1.89. The fraction of sp³-hybridized carbons (Fsp3) is 0.357. The molecule has 0 aliphatic rings. The second-order valence-electron chi connectivity index (χ2n) is 4.24. The van der Waals surface area contributed by atoms with Crippen LogP contribution >= 0.6 is 0 Å². The first-order valence-electron chi connectivity index (χ1n) is 5.78. The summed E-state index contributed by atoms with van der Waals surface area (Å²) in [5, 5.41) is 4.16. The fourth-order valence-corrected chi connectivity index (χ4v) is 1.89.